The number of benzene rings is 1. The quantitative estimate of drug-likeness (QED) is 0.461. The summed E-state index contributed by atoms with van der Waals surface area (Å²) < 4.78 is 0. The van der Waals surface area contributed by atoms with Gasteiger partial charge >= 0.3 is 0 Å². The van der Waals surface area contributed by atoms with Gasteiger partial charge in [-0.2, -0.15) is 0 Å². The van der Waals surface area contributed by atoms with Crippen molar-refractivity contribution in [3.63, 3.8) is 0 Å². The minimum Gasteiger partial charge on any atom is -0.381 e. The number of non-ortho nitro benzene ring substituents is 1. The maximum atomic E-state index is 11.1. The molecule has 0 aliphatic carbocycles. The fourth-order valence-corrected chi connectivity index (χ4v) is 2.47. The zero-order valence-electron chi connectivity index (χ0n) is 12.5. The zero-order valence-corrected chi connectivity index (χ0v) is 12.5. The first kappa shape index (κ1) is 15.2. The number of nitrogens with one attached hydrogen (secondary N) is 1. The number of hydrogen-bond acceptors (Lipinski definition) is 4. The van der Waals surface area contributed by atoms with Crippen LogP contribution < -0.4 is 5.32 Å². The molecule has 5 heteroatoms. The Balaban J connectivity index is 2.25. The topological polar surface area (TPSA) is 68.1 Å². The molecule has 1 atom stereocenters. The van der Waals surface area contributed by atoms with Gasteiger partial charge in [-0.3, -0.25) is 15.1 Å². The molecule has 2 aromatic rings. The van der Waals surface area contributed by atoms with Gasteiger partial charge in [-0.05, 0) is 31.5 Å². The van der Waals surface area contributed by atoms with E-state index < -0.39 is 0 Å². The van der Waals surface area contributed by atoms with Crippen LogP contribution in [0.2, 0.25) is 0 Å². The lowest BCUT2D eigenvalue weighted by Gasteiger charge is -2.16. The summed E-state index contributed by atoms with van der Waals surface area (Å²) in [5.41, 5.74) is 1.62. The van der Waals surface area contributed by atoms with Crippen LogP contribution in [-0.4, -0.2) is 15.9 Å². The largest absolute Gasteiger partial charge is 0.381 e. The maximum Gasteiger partial charge on any atom is 0.278 e. The Hall–Kier alpha value is -2.17. The van der Waals surface area contributed by atoms with Crippen LogP contribution in [0.4, 0.5) is 11.4 Å². The average Bonchev–Trinajstić information content (AvgIpc) is 2.47. The molecule has 2 rings (SSSR count). The predicted molar refractivity (Wildman–Crippen MR) is 85.6 cm³/mol. The highest BCUT2D eigenvalue weighted by Gasteiger charge is 2.15. The van der Waals surface area contributed by atoms with Gasteiger partial charge in [0.2, 0.25) is 0 Å². The van der Waals surface area contributed by atoms with Gasteiger partial charge in [0.25, 0.3) is 5.69 Å². The lowest BCUT2D eigenvalue weighted by Crippen LogP contribution is -2.15. The van der Waals surface area contributed by atoms with Gasteiger partial charge in [0.15, 0.2) is 0 Å². The summed E-state index contributed by atoms with van der Waals surface area (Å²) in [5.74, 6) is 0. The van der Waals surface area contributed by atoms with E-state index in [-0.39, 0.29) is 10.6 Å². The fraction of sp³-hybridized carbons (Fsp3) is 0.438. The Morgan fingerprint density at radius 3 is 2.86 bits per heavy atom. The standard InChI is InChI=1S/C16H21N3O2/c1-3-4-5-7-12(2)18-14-9-10-15(19(20)21)13-8-6-11-17-16(13)14/h6,8-12,18H,3-5,7H2,1-2H3. The third-order valence-corrected chi connectivity index (χ3v) is 3.59. The van der Waals surface area contributed by atoms with Crippen LogP contribution in [0.25, 0.3) is 10.9 Å². The van der Waals surface area contributed by atoms with Gasteiger partial charge < -0.3 is 5.32 Å². The van der Waals surface area contributed by atoms with E-state index in [1.54, 1.807) is 30.5 Å². The number of unbranched alkanes of at least 4 members (excludes halogenated alkanes) is 2. The van der Waals surface area contributed by atoms with Gasteiger partial charge in [-0.1, -0.05) is 26.2 Å². The summed E-state index contributed by atoms with van der Waals surface area (Å²) in [6.07, 6.45) is 6.36. The number of anilines is 1. The average molecular weight is 287 g/mol. The second kappa shape index (κ2) is 7.02. The van der Waals surface area contributed by atoms with Crippen molar-refractivity contribution in [3.05, 3.63) is 40.6 Å². The van der Waals surface area contributed by atoms with Crippen LogP contribution in [0.3, 0.4) is 0 Å². The normalized spacial score (nSPS) is 12.3. The summed E-state index contributed by atoms with van der Waals surface area (Å²) in [7, 11) is 0. The number of rotatable bonds is 7. The number of nitro benzene ring substituents is 1. The molecule has 1 heterocycles. The molecular weight excluding hydrogens is 266 g/mol. The van der Waals surface area contributed by atoms with Crippen molar-refractivity contribution in [1.82, 2.24) is 4.98 Å². The van der Waals surface area contributed by atoms with Gasteiger partial charge in [-0.25, -0.2) is 0 Å². The molecule has 0 amide bonds. The second-order valence-corrected chi connectivity index (χ2v) is 5.33. The number of hydrogen-bond donors (Lipinski definition) is 1. The summed E-state index contributed by atoms with van der Waals surface area (Å²) in [5, 5.41) is 15.1. The van der Waals surface area contributed by atoms with Crippen LogP contribution in [0.15, 0.2) is 30.5 Å². The van der Waals surface area contributed by atoms with Crippen LogP contribution in [-0.2, 0) is 0 Å². The van der Waals surface area contributed by atoms with Crippen LogP contribution in [0, 0.1) is 10.1 Å². The van der Waals surface area contributed by atoms with E-state index in [0.717, 1.165) is 12.1 Å². The molecule has 0 fully saturated rings. The second-order valence-electron chi connectivity index (χ2n) is 5.33. The Bertz CT molecular complexity index is 628. The van der Waals surface area contributed by atoms with Crippen molar-refractivity contribution in [2.24, 2.45) is 0 Å². The molecule has 112 valence electrons. The van der Waals surface area contributed by atoms with Crippen molar-refractivity contribution in [3.8, 4) is 0 Å². The molecule has 1 N–H and O–H groups in total. The number of fused-ring (bicyclic) bond motifs is 1. The Morgan fingerprint density at radius 2 is 2.14 bits per heavy atom. The van der Waals surface area contributed by atoms with Crippen molar-refractivity contribution in [1.29, 1.82) is 0 Å². The molecule has 1 aromatic carbocycles. The molecule has 0 saturated heterocycles. The third-order valence-electron chi connectivity index (χ3n) is 3.59. The summed E-state index contributed by atoms with van der Waals surface area (Å²) in [6.45, 7) is 4.32. The minimum atomic E-state index is -0.363. The number of nitrogens with zero attached hydrogens (tertiary/aromatic N) is 2. The summed E-state index contributed by atoms with van der Waals surface area (Å²) >= 11 is 0. The highest BCUT2D eigenvalue weighted by atomic mass is 16.6. The molecule has 1 unspecified atom stereocenters. The molecule has 0 radical (unpaired) electrons. The smallest absolute Gasteiger partial charge is 0.278 e. The van der Waals surface area contributed by atoms with Gasteiger partial charge in [0, 0.05) is 18.3 Å². The van der Waals surface area contributed by atoms with Gasteiger partial charge in [-0.15, -0.1) is 0 Å². The van der Waals surface area contributed by atoms with Crippen molar-refractivity contribution >= 4 is 22.3 Å². The Kier molecular flexibility index (Phi) is 5.09. The molecule has 0 bridgehead atoms. The van der Waals surface area contributed by atoms with E-state index in [2.05, 4.69) is 24.1 Å². The lowest BCUT2D eigenvalue weighted by atomic mass is 10.1. The highest BCUT2D eigenvalue weighted by molar-refractivity contribution is 5.96. The lowest BCUT2D eigenvalue weighted by molar-refractivity contribution is -0.383. The molecule has 0 spiro atoms. The van der Waals surface area contributed by atoms with Crippen molar-refractivity contribution < 1.29 is 4.92 Å². The molecular formula is C16H21N3O2. The van der Waals surface area contributed by atoms with Crippen molar-refractivity contribution in [2.45, 2.75) is 45.6 Å². The predicted octanol–water partition coefficient (Wildman–Crippen LogP) is 4.52. The SMILES string of the molecule is CCCCCC(C)Nc1ccc([N+](=O)[O-])c2cccnc12. The fourth-order valence-electron chi connectivity index (χ4n) is 2.47. The maximum absolute atomic E-state index is 11.1. The number of pyridine rings is 1. The third kappa shape index (κ3) is 3.68. The number of aromatic nitrogens is 1. The van der Waals surface area contributed by atoms with Crippen molar-refractivity contribution in [2.75, 3.05) is 5.32 Å². The van der Waals surface area contributed by atoms with E-state index in [0.29, 0.717) is 16.9 Å². The van der Waals surface area contributed by atoms with Gasteiger partial charge in [0.1, 0.15) is 5.52 Å². The van der Waals surface area contributed by atoms with Gasteiger partial charge in [0.05, 0.1) is 16.0 Å². The minimum absolute atomic E-state index is 0.0993. The Labute approximate surface area is 124 Å². The molecule has 0 aliphatic heterocycles. The van der Waals surface area contributed by atoms with E-state index in [1.807, 2.05) is 0 Å². The highest BCUT2D eigenvalue weighted by Crippen LogP contribution is 2.30. The first-order valence-electron chi connectivity index (χ1n) is 7.42. The van der Waals surface area contributed by atoms with Crippen LogP contribution in [0.1, 0.15) is 39.5 Å². The molecule has 21 heavy (non-hydrogen) atoms. The Morgan fingerprint density at radius 1 is 1.33 bits per heavy atom. The molecule has 1 aromatic heterocycles. The van der Waals surface area contributed by atoms with Crippen LogP contribution in [0.5, 0.6) is 0 Å². The summed E-state index contributed by atoms with van der Waals surface area (Å²) in [4.78, 5) is 15.0. The van der Waals surface area contributed by atoms with E-state index in [4.69, 9.17) is 0 Å². The molecule has 5 nitrogen and oxygen atoms in total. The zero-order chi connectivity index (χ0) is 15.2. The van der Waals surface area contributed by atoms with Crippen LogP contribution >= 0.6 is 0 Å². The number of nitro groups is 1. The monoisotopic (exact) mass is 287 g/mol. The first-order chi connectivity index (χ1) is 10.1. The first-order valence-corrected chi connectivity index (χ1v) is 7.42. The van der Waals surface area contributed by atoms with E-state index in [9.17, 15) is 10.1 Å². The molecule has 0 aliphatic rings. The molecule has 0 saturated carbocycles. The van der Waals surface area contributed by atoms with E-state index in [1.165, 1.54) is 19.3 Å². The van der Waals surface area contributed by atoms with E-state index >= 15 is 0 Å². The summed E-state index contributed by atoms with van der Waals surface area (Å²) in [6, 6.07) is 7.09.